The summed E-state index contributed by atoms with van der Waals surface area (Å²) in [6.45, 7) is 1.62. The number of hydrogen-bond donors (Lipinski definition) is 1. The largest absolute Gasteiger partial charge is 0.504 e. The fourth-order valence-corrected chi connectivity index (χ4v) is 6.60. The number of phenols is 1. The number of methoxy groups -OCH3 is 1. The first kappa shape index (κ1) is 24.4. The topological polar surface area (TPSA) is 101 Å². The van der Waals surface area contributed by atoms with Gasteiger partial charge in [0, 0.05) is 27.7 Å². The second-order valence-corrected chi connectivity index (χ2v) is 10.6. The maximum Gasteiger partial charge on any atom is 0.238 e. The quantitative estimate of drug-likeness (QED) is 0.352. The van der Waals surface area contributed by atoms with Crippen LogP contribution in [0.4, 0.5) is 5.69 Å². The monoisotopic (exact) mass is 529 g/mol. The van der Waals surface area contributed by atoms with E-state index >= 15 is 0 Å². The number of Topliss-reactive ketones (excluding diaryl/α,β-unsaturated/α-hetero) is 1. The number of allylic oxidation sites excluding steroid dienone is 6. The van der Waals surface area contributed by atoms with Crippen molar-refractivity contribution in [3.63, 3.8) is 0 Å². The Kier molecular flexibility index (Phi) is 5.65. The molecule has 4 aliphatic rings. The van der Waals surface area contributed by atoms with Crippen molar-refractivity contribution in [1.29, 1.82) is 0 Å². The second kappa shape index (κ2) is 8.81. The summed E-state index contributed by atoms with van der Waals surface area (Å²) in [5, 5.41) is 11.0. The Morgan fingerprint density at radius 3 is 2.42 bits per heavy atom. The van der Waals surface area contributed by atoms with Crippen LogP contribution >= 0.6 is 11.6 Å². The van der Waals surface area contributed by atoms with Crippen LogP contribution in [-0.2, 0) is 19.2 Å². The zero-order valence-electron chi connectivity index (χ0n) is 20.7. The van der Waals surface area contributed by atoms with E-state index in [1.807, 2.05) is 6.08 Å². The van der Waals surface area contributed by atoms with Gasteiger partial charge in [-0.05, 0) is 73.7 Å². The summed E-state index contributed by atoms with van der Waals surface area (Å²) in [5.41, 5.74) is 3.00. The summed E-state index contributed by atoms with van der Waals surface area (Å²) in [5.74, 6) is -3.20. The van der Waals surface area contributed by atoms with E-state index in [1.54, 1.807) is 43.3 Å². The Morgan fingerprint density at radius 1 is 1.00 bits per heavy atom. The van der Waals surface area contributed by atoms with E-state index in [0.29, 0.717) is 39.4 Å². The average molecular weight is 530 g/mol. The molecule has 1 fully saturated rings. The summed E-state index contributed by atoms with van der Waals surface area (Å²) in [4.78, 5) is 55.2. The molecular formula is C30H24ClNO6. The molecule has 0 bridgehead atoms. The fraction of sp³-hybridized carbons (Fsp3) is 0.267. The van der Waals surface area contributed by atoms with Crippen molar-refractivity contribution in [2.45, 2.75) is 25.7 Å². The van der Waals surface area contributed by atoms with Crippen molar-refractivity contribution < 1.29 is 29.0 Å². The predicted octanol–water partition coefficient (Wildman–Crippen LogP) is 4.69. The van der Waals surface area contributed by atoms with Crippen LogP contribution in [-0.4, -0.2) is 35.6 Å². The molecule has 0 aromatic heterocycles. The van der Waals surface area contributed by atoms with E-state index in [0.717, 1.165) is 5.57 Å². The third-order valence-corrected chi connectivity index (χ3v) is 8.44. The first-order valence-corrected chi connectivity index (χ1v) is 12.8. The molecule has 1 saturated heterocycles. The zero-order valence-corrected chi connectivity index (χ0v) is 21.5. The molecule has 4 atom stereocenters. The molecule has 192 valence electrons. The van der Waals surface area contributed by atoms with Gasteiger partial charge in [0.2, 0.25) is 11.8 Å². The number of rotatable bonds is 3. The highest BCUT2D eigenvalue weighted by atomic mass is 35.5. The van der Waals surface area contributed by atoms with E-state index in [9.17, 15) is 24.3 Å². The Morgan fingerprint density at radius 2 is 1.74 bits per heavy atom. The molecule has 4 unspecified atom stereocenters. The van der Waals surface area contributed by atoms with Crippen molar-refractivity contribution in [3.05, 3.63) is 87.5 Å². The van der Waals surface area contributed by atoms with E-state index in [1.165, 1.54) is 24.2 Å². The molecular weight excluding hydrogens is 506 g/mol. The van der Waals surface area contributed by atoms with Gasteiger partial charge < -0.3 is 9.84 Å². The lowest BCUT2D eigenvalue weighted by Crippen LogP contribution is -2.39. The van der Waals surface area contributed by atoms with Crippen LogP contribution in [0, 0.1) is 17.8 Å². The normalized spacial score (nSPS) is 26.6. The Hall–Kier alpha value is -3.97. The maximum atomic E-state index is 13.8. The highest BCUT2D eigenvalue weighted by Crippen LogP contribution is 2.55. The number of nitrogens with zero attached hydrogens (tertiary/aromatic N) is 1. The number of hydrogen-bond acceptors (Lipinski definition) is 6. The number of imide groups is 1. The molecule has 0 radical (unpaired) electrons. The van der Waals surface area contributed by atoms with Gasteiger partial charge in [-0.1, -0.05) is 29.3 Å². The third kappa shape index (κ3) is 3.49. The lowest BCUT2D eigenvalue weighted by molar-refractivity contribution is -0.123. The highest BCUT2D eigenvalue weighted by molar-refractivity contribution is 6.31. The van der Waals surface area contributed by atoms with Crippen molar-refractivity contribution in [2.24, 2.45) is 17.8 Å². The van der Waals surface area contributed by atoms with Crippen molar-refractivity contribution in [2.75, 3.05) is 12.0 Å². The van der Waals surface area contributed by atoms with Gasteiger partial charge >= 0.3 is 0 Å². The molecule has 0 spiro atoms. The number of anilines is 1. The Labute approximate surface area is 224 Å². The van der Waals surface area contributed by atoms with Crippen LogP contribution in [0.25, 0.3) is 0 Å². The molecule has 38 heavy (non-hydrogen) atoms. The van der Waals surface area contributed by atoms with Crippen LogP contribution in [0.1, 0.15) is 31.2 Å². The molecule has 8 heteroatoms. The molecule has 1 aliphatic heterocycles. The summed E-state index contributed by atoms with van der Waals surface area (Å²) in [7, 11) is 1.45. The van der Waals surface area contributed by atoms with E-state index in [-0.39, 0.29) is 41.3 Å². The number of carbonyl (C=O) groups is 4. The number of phenolic OH excluding ortho intramolecular Hbond substituents is 1. The Balaban J connectivity index is 1.48. The molecule has 2 aromatic carbocycles. The lowest BCUT2D eigenvalue weighted by Gasteiger charge is -2.42. The molecule has 1 heterocycles. The SMILES string of the molecule is COc1ccc(C2C3=CCC4C(=O)N(c5ccc(Cl)cc5)C(=O)C4C3CC3=C2C(=O)C(C)=CC3=O)cc1O. The third-order valence-electron chi connectivity index (χ3n) is 8.19. The van der Waals surface area contributed by atoms with Gasteiger partial charge in [-0.3, -0.25) is 24.1 Å². The first-order valence-electron chi connectivity index (χ1n) is 12.4. The first-order chi connectivity index (χ1) is 18.2. The fourth-order valence-electron chi connectivity index (χ4n) is 6.47. The zero-order chi connectivity index (χ0) is 26.9. The van der Waals surface area contributed by atoms with Gasteiger partial charge in [-0.25, -0.2) is 0 Å². The molecule has 7 nitrogen and oxygen atoms in total. The highest BCUT2D eigenvalue weighted by Gasteiger charge is 2.56. The summed E-state index contributed by atoms with van der Waals surface area (Å²) >= 11 is 6.02. The van der Waals surface area contributed by atoms with Crippen LogP contribution in [0.2, 0.25) is 5.02 Å². The molecule has 0 saturated carbocycles. The Bertz CT molecular complexity index is 1530. The van der Waals surface area contributed by atoms with Crippen LogP contribution in [0.3, 0.4) is 0 Å². The maximum absolute atomic E-state index is 13.8. The van der Waals surface area contributed by atoms with Gasteiger partial charge in [0.05, 0.1) is 24.6 Å². The average Bonchev–Trinajstić information content (AvgIpc) is 3.16. The minimum Gasteiger partial charge on any atom is -0.504 e. The number of ether oxygens (including phenoxy) is 1. The van der Waals surface area contributed by atoms with Gasteiger partial charge in [0.25, 0.3) is 0 Å². The second-order valence-electron chi connectivity index (χ2n) is 10.1. The van der Waals surface area contributed by atoms with Crippen LogP contribution in [0.15, 0.2) is 76.9 Å². The summed E-state index contributed by atoms with van der Waals surface area (Å²) < 4.78 is 5.20. The number of halogens is 1. The van der Waals surface area contributed by atoms with Crippen LogP contribution < -0.4 is 9.64 Å². The number of ketones is 2. The molecule has 3 aliphatic carbocycles. The molecule has 6 rings (SSSR count). The molecule has 2 amide bonds. The van der Waals surface area contributed by atoms with Gasteiger partial charge in [-0.15, -0.1) is 0 Å². The molecule has 1 N–H and O–H groups in total. The van der Waals surface area contributed by atoms with Gasteiger partial charge in [0.15, 0.2) is 23.1 Å². The number of benzene rings is 2. The van der Waals surface area contributed by atoms with Crippen LogP contribution in [0.5, 0.6) is 11.5 Å². The van der Waals surface area contributed by atoms with Crippen molar-refractivity contribution in [3.8, 4) is 11.5 Å². The van der Waals surface area contributed by atoms with E-state index < -0.39 is 23.7 Å². The molecule has 2 aromatic rings. The van der Waals surface area contributed by atoms with E-state index in [2.05, 4.69) is 0 Å². The van der Waals surface area contributed by atoms with Gasteiger partial charge in [-0.2, -0.15) is 0 Å². The number of fused-ring (bicyclic) bond motifs is 3. The van der Waals surface area contributed by atoms with E-state index in [4.69, 9.17) is 16.3 Å². The smallest absolute Gasteiger partial charge is 0.238 e. The van der Waals surface area contributed by atoms with Gasteiger partial charge in [0.1, 0.15) is 0 Å². The summed E-state index contributed by atoms with van der Waals surface area (Å²) in [6.07, 6.45) is 3.83. The minimum absolute atomic E-state index is 0.0913. The van der Waals surface area contributed by atoms with Crippen molar-refractivity contribution in [1.82, 2.24) is 0 Å². The number of aromatic hydroxyl groups is 1. The number of carbonyl (C=O) groups excluding carboxylic acids is 4. The lowest BCUT2D eigenvalue weighted by atomic mass is 9.59. The standard InChI is InChI=1S/C30H24ClNO6/c1-14-11-22(33)21-13-20-18(25(27(21)28(14)35)15-3-10-24(38-2)23(34)12-15)8-9-19-26(20)30(37)32(29(19)36)17-6-4-16(31)5-7-17/h3-8,10-12,19-20,25-26,34H,9,13H2,1-2H3. The number of amides is 2. The predicted molar refractivity (Wildman–Crippen MR) is 140 cm³/mol. The van der Waals surface area contributed by atoms with Crippen molar-refractivity contribution >= 4 is 40.7 Å². The summed E-state index contributed by atoms with van der Waals surface area (Å²) in [6, 6.07) is 11.5. The minimum atomic E-state index is -0.670.